The van der Waals surface area contributed by atoms with Crippen LogP contribution in [0.25, 0.3) is 0 Å². The zero-order valence-corrected chi connectivity index (χ0v) is 6.11. The molecular formula is C5H10N2O4. The molecule has 0 spiro atoms. The van der Waals surface area contributed by atoms with Gasteiger partial charge in [-0.3, -0.25) is 0 Å². The summed E-state index contributed by atoms with van der Waals surface area (Å²) in [6, 6.07) is 0. The minimum Gasteiger partial charge on any atom is -0.465 e. The molecule has 0 atom stereocenters. The number of carbonyl (C=O) groups excluding carboxylic acids is 1. The molecule has 1 saturated heterocycles. The highest BCUT2D eigenvalue weighted by Crippen LogP contribution is 1.96. The van der Waals surface area contributed by atoms with Crippen LogP contribution in [0.2, 0.25) is 0 Å². The third-order valence-electron chi connectivity index (χ3n) is 0.964. The van der Waals surface area contributed by atoms with Gasteiger partial charge in [0.15, 0.2) is 0 Å². The molecule has 0 aromatic heterocycles. The van der Waals surface area contributed by atoms with Crippen molar-refractivity contribution in [2.24, 2.45) is 5.73 Å². The van der Waals surface area contributed by atoms with Crippen molar-refractivity contribution in [1.29, 1.82) is 0 Å². The number of cyclic esters (lactones) is 1. The minimum atomic E-state index is -1.33. The van der Waals surface area contributed by atoms with Crippen molar-refractivity contribution in [1.82, 2.24) is 4.90 Å². The Morgan fingerprint density at radius 2 is 2.27 bits per heavy atom. The molecule has 0 radical (unpaired) electrons. The second-order valence-corrected chi connectivity index (χ2v) is 1.87. The van der Waals surface area contributed by atoms with Gasteiger partial charge in [0.1, 0.15) is 6.61 Å². The second kappa shape index (κ2) is 4.37. The zero-order chi connectivity index (χ0) is 8.85. The maximum atomic E-state index is 10.3. The number of ether oxygens (including phenoxy) is 1. The van der Waals surface area contributed by atoms with Crippen LogP contribution >= 0.6 is 0 Å². The molecular weight excluding hydrogens is 152 g/mol. The summed E-state index contributed by atoms with van der Waals surface area (Å²) in [6.45, 7) is 1.29. The number of carboxylic acid groups (broad SMARTS) is 1. The molecule has 1 aliphatic rings. The molecule has 2 amide bonds. The normalized spacial score (nSPS) is 15.0. The van der Waals surface area contributed by atoms with Gasteiger partial charge in [0.2, 0.25) is 0 Å². The fourth-order valence-corrected chi connectivity index (χ4v) is 0.471. The van der Waals surface area contributed by atoms with Gasteiger partial charge < -0.3 is 20.5 Å². The average Bonchev–Trinajstić information content (AvgIpc) is 2.15. The quantitative estimate of drug-likeness (QED) is 0.511. The lowest BCUT2D eigenvalue weighted by Gasteiger charge is -1.98. The van der Waals surface area contributed by atoms with Gasteiger partial charge >= 0.3 is 12.2 Å². The summed E-state index contributed by atoms with van der Waals surface area (Å²) in [5.74, 6) is 0. The SMILES string of the molecule is CN1CCOC1=O.NC(=O)O. The highest BCUT2D eigenvalue weighted by atomic mass is 16.6. The first kappa shape index (κ1) is 9.54. The van der Waals surface area contributed by atoms with Crippen LogP contribution in [-0.2, 0) is 4.74 Å². The number of hydrogen-bond acceptors (Lipinski definition) is 3. The van der Waals surface area contributed by atoms with Crippen molar-refractivity contribution in [2.45, 2.75) is 0 Å². The molecule has 1 fully saturated rings. The van der Waals surface area contributed by atoms with Gasteiger partial charge in [0.05, 0.1) is 6.54 Å². The first-order valence-corrected chi connectivity index (χ1v) is 2.90. The highest BCUT2D eigenvalue weighted by molar-refractivity contribution is 5.68. The maximum absolute atomic E-state index is 10.3. The van der Waals surface area contributed by atoms with E-state index in [1.807, 2.05) is 0 Å². The van der Waals surface area contributed by atoms with Gasteiger partial charge in [-0.15, -0.1) is 0 Å². The Bertz CT molecular complexity index is 155. The molecule has 6 heteroatoms. The van der Waals surface area contributed by atoms with Crippen molar-refractivity contribution in [3.05, 3.63) is 0 Å². The van der Waals surface area contributed by atoms with Crippen molar-refractivity contribution in [3.8, 4) is 0 Å². The molecule has 0 saturated carbocycles. The van der Waals surface area contributed by atoms with Gasteiger partial charge in [-0.25, -0.2) is 9.59 Å². The van der Waals surface area contributed by atoms with Crippen LogP contribution in [0, 0.1) is 0 Å². The average molecular weight is 162 g/mol. The van der Waals surface area contributed by atoms with Gasteiger partial charge in [0.25, 0.3) is 0 Å². The smallest absolute Gasteiger partial charge is 0.409 e. The van der Waals surface area contributed by atoms with Crippen LogP contribution in [0.4, 0.5) is 9.59 Å². The number of hydrogen-bond donors (Lipinski definition) is 2. The zero-order valence-electron chi connectivity index (χ0n) is 6.11. The van der Waals surface area contributed by atoms with Crippen LogP contribution in [0.1, 0.15) is 0 Å². The van der Waals surface area contributed by atoms with Crippen LogP contribution in [-0.4, -0.2) is 42.4 Å². The van der Waals surface area contributed by atoms with E-state index in [4.69, 9.17) is 9.90 Å². The molecule has 64 valence electrons. The Kier molecular flexibility index (Phi) is 3.79. The molecule has 0 unspecified atom stereocenters. The van der Waals surface area contributed by atoms with E-state index in [0.717, 1.165) is 6.54 Å². The molecule has 1 heterocycles. The largest absolute Gasteiger partial charge is 0.465 e. The molecule has 0 bridgehead atoms. The third kappa shape index (κ3) is 5.01. The van der Waals surface area contributed by atoms with E-state index >= 15 is 0 Å². The summed E-state index contributed by atoms with van der Waals surface area (Å²) in [4.78, 5) is 20.6. The lowest BCUT2D eigenvalue weighted by molar-refractivity contribution is 0.163. The van der Waals surface area contributed by atoms with Crippen molar-refractivity contribution >= 4 is 12.2 Å². The Balaban J connectivity index is 0.000000218. The molecule has 1 rings (SSSR count). The number of amides is 2. The first-order valence-electron chi connectivity index (χ1n) is 2.90. The molecule has 3 N–H and O–H groups in total. The maximum Gasteiger partial charge on any atom is 0.409 e. The summed E-state index contributed by atoms with van der Waals surface area (Å²) in [6.07, 6.45) is -1.54. The van der Waals surface area contributed by atoms with Crippen LogP contribution in [0.5, 0.6) is 0 Å². The van der Waals surface area contributed by atoms with E-state index in [-0.39, 0.29) is 6.09 Å². The van der Waals surface area contributed by atoms with Crippen molar-refractivity contribution in [2.75, 3.05) is 20.2 Å². The number of rotatable bonds is 0. The monoisotopic (exact) mass is 162 g/mol. The Morgan fingerprint density at radius 1 is 1.82 bits per heavy atom. The summed E-state index contributed by atoms with van der Waals surface area (Å²) >= 11 is 0. The van der Waals surface area contributed by atoms with E-state index in [2.05, 4.69) is 10.5 Å². The third-order valence-corrected chi connectivity index (χ3v) is 0.964. The number of nitrogens with two attached hydrogens (primary N) is 1. The second-order valence-electron chi connectivity index (χ2n) is 1.87. The molecule has 0 aromatic rings. The van der Waals surface area contributed by atoms with Crippen molar-refractivity contribution < 1.29 is 19.4 Å². The van der Waals surface area contributed by atoms with Gasteiger partial charge in [-0.05, 0) is 0 Å². The summed E-state index contributed by atoms with van der Waals surface area (Å²) in [7, 11) is 1.72. The van der Waals surface area contributed by atoms with Crippen LogP contribution in [0.15, 0.2) is 0 Å². The molecule has 1 aliphatic heterocycles. The Hall–Kier alpha value is -1.46. The molecule has 6 nitrogen and oxygen atoms in total. The van der Waals surface area contributed by atoms with Crippen LogP contribution in [0.3, 0.4) is 0 Å². The minimum absolute atomic E-state index is 0.208. The van der Waals surface area contributed by atoms with E-state index in [0.29, 0.717) is 6.61 Å². The first-order chi connectivity index (χ1) is 5.04. The van der Waals surface area contributed by atoms with Gasteiger partial charge in [-0.1, -0.05) is 0 Å². The van der Waals surface area contributed by atoms with Crippen molar-refractivity contribution in [3.63, 3.8) is 0 Å². The van der Waals surface area contributed by atoms with Gasteiger partial charge in [-0.2, -0.15) is 0 Å². The van der Waals surface area contributed by atoms with E-state index < -0.39 is 6.09 Å². The lowest BCUT2D eigenvalue weighted by atomic mass is 10.7. The molecule has 0 aromatic carbocycles. The predicted molar refractivity (Wildman–Crippen MR) is 36.2 cm³/mol. The predicted octanol–water partition coefficient (Wildman–Crippen LogP) is -0.309. The van der Waals surface area contributed by atoms with E-state index in [1.54, 1.807) is 11.9 Å². The number of nitrogens with zero attached hydrogens (tertiary/aromatic N) is 1. The standard InChI is InChI=1S/C4H7NO2.CH3NO2/c1-5-2-3-7-4(5)6;2-1(3)4/h2-3H2,1H3;2H2,(H,3,4). The Labute approximate surface area is 63.5 Å². The number of carbonyl (C=O) groups is 2. The lowest BCUT2D eigenvalue weighted by Crippen LogP contribution is -2.17. The Morgan fingerprint density at radius 3 is 2.36 bits per heavy atom. The highest BCUT2D eigenvalue weighted by Gasteiger charge is 2.15. The number of likely N-dealkylation sites (N-methyl/N-ethyl adjacent to an activating group) is 1. The number of primary amides is 1. The van der Waals surface area contributed by atoms with E-state index in [9.17, 15) is 4.79 Å². The van der Waals surface area contributed by atoms with E-state index in [1.165, 1.54) is 0 Å². The summed E-state index contributed by atoms with van der Waals surface area (Å²) < 4.78 is 4.55. The molecule has 11 heavy (non-hydrogen) atoms. The fourth-order valence-electron chi connectivity index (χ4n) is 0.471. The summed E-state index contributed by atoms with van der Waals surface area (Å²) in [5.41, 5.74) is 4.03. The van der Waals surface area contributed by atoms with Crippen LogP contribution < -0.4 is 5.73 Å². The topological polar surface area (TPSA) is 92.9 Å². The fraction of sp³-hybridized carbons (Fsp3) is 0.600. The summed E-state index contributed by atoms with van der Waals surface area (Å²) in [5, 5.41) is 7.19. The molecule has 0 aliphatic carbocycles. The van der Waals surface area contributed by atoms with Gasteiger partial charge in [0, 0.05) is 7.05 Å².